The minimum atomic E-state index is 0.336. The Balaban J connectivity index is 2.19. The highest BCUT2D eigenvalue weighted by molar-refractivity contribution is 9.10. The van der Waals surface area contributed by atoms with Crippen molar-refractivity contribution in [2.24, 2.45) is 12.8 Å². The minimum Gasteiger partial charge on any atom is -0.490 e. The quantitative estimate of drug-likeness (QED) is 0.823. The largest absolute Gasteiger partial charge is 0.490 e. The third-order valence-corrected chi connectivity index (χ3v) is 3.41. The molecule has 0 spiro atoms. The maximum atomic E-state index is 5.83. The molecule has 1 aromatic heterocycles. The number of ether oxygens (including phenoxy) is 2. The summed E-state index contributed by atoms with van der Waals surface area (Å²) in [4.78, 5) is 0. The van der Waals surface area contributed by atoms with Crippen LogP contribution in [0.3, 0.4) is 0 Å². The van der Waals surface area contributed by atoms with Crippen LogP contribution in [0.15, 0.2) is 22.8 Å². The summed E-state index contributed by atoms with van der Waals surface area (Å²) in [6, 6.07) is 3.97. The number of aryl methyl sites for hydroxylation is 1. The molecule has 0 amide bonds. The molecule has 2 rings (SSSR count). The van der Waals surface area contributed by atoms with Gasteiger partial charge in [-0.2, -0.15) is 0 Å². The average molecular weight is 355 g/mol. The number of benzene rings is 1. The Morgan fingerprint density at radius 2 is 2.14 bits per heavy atom. The Bertz CT molecular complexity index is 601. The van der Waals surface area contributed by atoms with Gasteiger partial charge in [-0.1, -0.05) is 5.21 Å². The second-order valence-electron chi connectivity index (χ2n) is 4.55. The molecule has 2 aromatic rings. The zero-order chi connectivity index (χ0) is 15.2. The predicted molar refractivity (Wildman–Crippen MR) is 83.4 cm³/mol. The van der Waals surface area contributed by atoms with E-state index in [1.54, 1.807) is 4.68 Å². The summed E-state index contributed by atoms with van der Waals surface area (Å²) in [5.41, 5.74) is 7.48. The smallest absolute Gasteiger partial charge is 0.175 e. The number of nitrogens with two attached hydrogens (primary N) is 1. The van der Waals surface area contributed by atoms with Gasteiger partial charge in [0.1, 0.15) is 12.3 Å². The van der Waals surface area contributed by atoms with E-state index in [0.29, 0.717) is 31.3 Å². The second kappa shape index (κ2) is 7.42. The Morgan fingerprint density at radius 1 is 1.33 bits per heavy atom. The van der Waals surface area contributed by atoms with Gasteiger partial charge in [-0.15, -0.1) is 5.10 Å². The minimum absolute atomic E-state index is 0.336. The van der Waals surface area contributed by atoms with Crippen LogP contribution in [-0.2, 0) is 20.1 Å². The molecule has 0 radical (unpaired) electrons. The SMILES string of the molecule is CCOc1cc(CCN)cc(Br)c1OCc1cn(C)nn1. The number of nitrogens with zero attached hydrogens (tertiary/aromatic N) is 3. The Kier molecular flexibility index (Phi) is 5.58. The summed E-state index contributed by atoms with van der Waals surface area (Å²) >= 11 is 3.53. The molecule has 2 N–H and O–H groups in total. The fourth-order valence-corrected chi connectivity index (χ4v) is 2.55. The summed E-state index contributed by atoms with van der Waals surface area (Å²) in [5.74, 6) is 1.38. The number of halogens is 1. The van der Waals surface area contributed by atoms with Crippen molar-refractivity contribution >= 4 is 15.9 Å². The van der Waals surface area contributed by atoms with E-state index in [2.05, 4.69) is 26.2 Å². The number of hydrogen-bond acceptors (Lipinski definition) is 5. The summed E-state index contributed by atoms with van der Waals surface area (Å²) < 4.78 is 14.0. The van der Waals surface area contributed by atoms with E-state index >= 15 is 0 Å². The molecule has 0 saturated carbocycles. The van der Waals surface area contributed by atoms with Gasteiger partial charge in [0, 0.05) is 7.05 Å². The van der Waals surface area contributed by atoms with E-state index < -0.39 is 0 Å². The standard InChI is InChI=1S/C14H19BrN4O2/c1-3-20-13-7-10(4-5-16)6-12(15)14(13)21-9-11-8-19(2)18-17-11/h6-8H,3-5,9,16H2,1-2H3. The van der Waals surface area contributed by atoms with Gasteiger partial charge >= 0.3 is 0 Å². The van der Waals surface area contributed by atoms with Crippen LogP contribution in [0.2, 0.25) is 0 Å². The van der Waals surface area contributed by atoms with Gasteiger partial charge in [0.15, 0.2) is 11.5 Å². The highest BCUT2D eigenvalue weighted by Crippen LogP contribution is 2.37. The van der Waals surface area contributed by atoms with Crippen molar-refractivity contribution < 1.29 is 9.47 Å². The van der Waals surface area contributed by atoms with E-state index in [1.165, 1.54) is 0 Å². The highest BCUT2D eigenvalue weighted by Gasteiger charge is 2.13. The van der Waals surface area contributed by atoms with Gasteiger partial charge in [0.05, 0.1) is 17.3 Å². The summed E-state index contributed by atoms with van der Waals surface area (Å²) in [6.07, 6.45) is 2.61. The number of rotatable bonds is 7. The Morgan fingerprint density at radius 3 is 2.76 bits per heavy atom. The monoisotopic (exact) mass is 354 g/mol. The zero-order valence-corrected chi connectivity index (χ0v) is 13.8. The van der Waals surface area contributed by atoms with Crippen molar-refractivity contribution in [3.05, 3.63) is 34.1 Å². The van der Waals surface area contributed by atoms with E-state index in [1.807, 2.05) is 32.3 Å². The van der Waals surface area contributed by atoms with Crippen LogP contribution >= 0.6 is 15.9 Å². The molecule has 0 bridgehead atoms. The topological polar surface area (TPSA) is 75.2 Å². The molecule has 0 aliphatic carbocycles. The lowest BCUT2D eigenvalue weighted by atomic mass is 10.1. The molecule has 1 heterocycles. The third kappa shape index (κ3) is 4.18. The van der Waals surface area contributed by atoms with Gasteiger partial charge in [-0.25, -0.2) is 0 Å². The van der Waals surface area contributed by atoms with Crippen LogP contribution in [0.4, 0.5) is 0 Å². The molecule has 21 heavy (non-hydrogen) atoms. The molecule has 1 aromatic carbocycles. The first-order valence-corrected chi connectivity index (χ1v) is 7.56. The maximum absolute atomic E-state index is 5.83. The van der Waals surface area contributed by atoms with Crippen LogP contribution in [0.5, 0.6) is 11.5 Å². The molecule has 7 heteroatoms. The van der Waals surface area contributed by atoms with Gasteiger partial charge in [-0.05, 0) is 53.5 Å². The van der Waals surface area contributed by atoms with Crippen LogP contribution < -0.4 is 15.2 Å². The van der Waals surface area contributed by atoms with Gasteiger partial charge in [-0.3, -0.25) is 4.68 Å². The van der Waals surface area contributed by atoms with Crippen LogP contribution in [0.25, 0.3) is 0 Å². The Labute approximate surface area is 132 Å². The van der Waals surface area contributed by atoms with E-state index in [4.69, 9.17) is 15.2 Å². The first-order valence-electron chi connectivity index (χ1n) is 6.77. The lowest BCUT2D eigenvalue weighted by Gasteiger charge is -2.14. The first-order chi connectivity index (χ1) is 10.1. The molecule has 0 fully saturated rings. The lowest BCUT2D eigenvalue weighted by Crippen LogP contribution is -2.05. The highest BCUT2D eigenvalue weighted by atomic mass is 79.9. The summed E-state index contributed by atoms with van der Waals surface area (Å²) in [7, 11) is 1.82. The fraction of sp³-hybridized carbons (Fsp3) is 0.429. The molecule has 0 saturated heterocycles. The van der Waals surface area contributed by atoms with Crippen molar-refractivity contribution in [2.45, 2.75) is 20.0 Å². The first kappa shape index (κ1) is 15.8. The third-order valence-electron chi connectivity index (χ3n) is 2.82. The van der Waals surface area contributed by atoms with Gasteiger partial charge in [0.2, 0.25) is 0 Å². The van der Waals surface area contributed by atoms with Gasteiger partial charge < -0.3 is 15.2 Å². The molecule has 0 aliphatic heterocycles. The van der Waals surface area contributed by atoms with E-state index in [-0.39, 0.29) is 0 Å². The number of aromatic nitrogens is 3. The normalized spacial score (nSPS) is 10.7. The maximum Gasteiger partial charge on any atom is 0.175 e. The van der Waals surface area contributed by atoms with E-state index in [9.17, 15) is 0 Å². The van der Waals surface area contributed by atoms with Crippen molar-refractivity contribution in [3.63, 3.8) is 0 Å². The van der Waals surface area contributed by atoms with Gasteiger partial charge in [0.25, 0.3) is 0 Å². The van der Waals surface area contributed by atoms with E-state index in [0.717, 1.165) is 22.2 Å². The lowest BCUT2D eigenvalue weighted by molar-refractivity contribution is 0.264. The Hall–Kier alpha value is -1.60. The fourth-order valence-electron chi connectivity index (χ4n) is 1.94. The van der Waals surface area contributed by atoms with Crippen LogP contribution in [0.1, 0.15) is 18.2 Å². The molecule has 114 valence electrons. The second-order valence-corrected chi connectivity index (χ2v) is 5.40. The molecule has 0 aliphatic rings. The zero-order valence-electron chi connectivity index (χ0n) is 12.2. The summed E-state index contributed by atoms with van der Waals surface area (Å²) in [6.45, 7) is 3.44. The number of hydrogen-bond donors (Lipinski definition) is 1. The van der Waals surface area contributed by atoms with Crippen LogP contribution in [0, 0.1) is 0 Å². The van der Waals surface area contributed by atoms with Crippen molar-refractivity contribution in [1.29, 1.82) is 0 Å². The van der Waals surface area contributed by atoms with Crippen molar-refractivity contribution in [3.8, 4) is 11.5 Å². The average Bonchev–Trinajstić information content (AvgIpc) is 2.84. The molecular formula is C14H19BrN4O2. The van der Waals surface area contributed by atoms with Crippen molar-refractivity contribution in [2.75, 3.05) is 13.2 Å². The van der Waals surface area contributed by atoms with Crippen molar-refractivity contribution in [1.82, 2.24) is 15.0 Å². The molecule has 0 unspecified atom stereocenters. The van der Waals surface area contributed by atoms with Crippen LogP contribution in [-0.4, -0.2) is 28.1 Å². The predicted octanol–water partition coefficient (Wildman–Crippen LogP) is 2.06. The molecule has 6 nitrogen and oxygen atoms in total. The molecule has 0 atom stereocenters. The molecular weight excluding hydrogens is 336 g/mol. The summed E-state index contributed by atoms with van der Waals surface area (Å²) in [5, 5.41) is 7.88.